The van der Waals surface area contributed by atoms with Crippen molar-refractivity contribution in [2.24, 2.45) is 5.92 Å². The van der Waals surface area contributed by atoms with Crippen molar-refractivity contribution < 1.29 is 10.2 Å². The number of aryl methyl sites for hydroxylation is 1. The Morgan fingerprint density at radius 2 is 2.21 bits per heavy atom. The third-order valence-electron chi connectivity index (χ3n) is 3.64. The van der Waals surface area contributed by atoms with E-state index in [2.05, 4.69) is 20.2 Å². The lowest BCUT2D eigenvalue weighted by molar-refractivity contribution is -0.000448. The zero-order chi connectivity index (χ0) is 13.7. The van der Waals surface area contributed by atoms with E-state index in [9.17, 15) is 5.11 Å². The summed E-state index contributed by atoms with van der Waals surface area (Å²) in [5, 5.41) is 22.2. The summed E-state index contributed by atoms with van der Waals surface area (Å²) in [5.41, 5.74) is 0.890. The molecule has 2 atom stereocenters. The van der Waals surface area contributed by atoms with E-state index in [1.54, 1.807) is 12.4 Å². The van der Waals surface area contributed by atoms with E-state index in [4.69, 9.17) is 5.11 Å². The molecule has 1 aromatic rings. The van der Waals surface area contributed by atoms with Gasteiger partial charge in [0.1, 0.15) is 5.82 Å². The Hall–Kier alpha value is -1.24. The zero-order valence-corrected chi connectivity index (χ0v) is 11.3. The minimum atomic E-state index is -0.419. The first kappa shape index (κ1) is 14.2. The van der Waals surface area contributed by atoms with Crippen LogP contribution in [0.4, 0.5) is 5.82 Å². The molecule has 0 amide bonds. The summed E-state index contributed by atoms with van der Waals surface area (Å²) in [4.78, 5) is 10.6. The predicted octanol–water partition coefficient (Wildman–Crippen LogP) is -0.128. The molecule has 1 aromatic heterocycles. The Balaban J connectivity index is 1.74. The Labute approximate surface area is 113 Å². The van der Waals surface area contributed by atoms with Crippen molar-refractivity contribution in [2.45, 2.75) is 19.4 Å². The molecule has 0 radical (unpaired) electrons. The number of anilines is 1. The second-order valence-electron chi connectivity index (χ2n) is 5.02. The molecule has 1 fully saturated rings. The summed E-state index contributed by atoms with van der Waals surface area (Å²) >= 11 is 0. The average molecular weight is 266 g/mol. The standard InChI is InChI=1S/C13H22N4O2/c1-10-13(15-4-3-14-10)16-5-7-17-6-2-11(9-18)12(19)8-17/h3-4,11-12,18-19H,2,5-9H2,1H3,(H,15,16)/t11-,12-/m0/s1. The van der Waals surface area contributed by atoms with Crippen LogP contribution in [0.2, 0.25) is 0 Å². The van der Waals surface area contributed by atoms with Crippen molar-refractivity contribution in [3.8, 4) is 0 Å². The number of aliphatic hydroxyl groups excluding tert-OH is 2. The molecular weight excluding hydrogens is 244 g/mol. The van der Waals surface area contributed by atoms with Gasteiger partial charge in [-0.25, -0.2) is 4.98 Å². The zero-order valence-electron chi connectivity index (χ0n) is 11.3. The Morgan fingerprint density at radius 3 is 2.89 bits per heavy atom. The molecule has 1 saturated heterocycles. The van der Waals surface area contributed by atoms with Gasteiger partial charge in [-0.05, 0) is 19.9 Å². The van der Waals surface area contributed by atoms with Gasteiger partial charge in [0.15, 0.2) is 0 Å². The van der Waals surface area contributed by atoms with Crippen LogP contribution in [-0.4, -0.2) is 64.0 Å². The van der Waals surface area contributed by atoms with Crippen LogP contribution in [0.5, 0.6) is 0 Å². The number of likely N-dealkylation sites (tertiary alicyclic amines) is 1. The molecule has 2 heterocycles. The van der Waals surface area contributed by atoms with E-state index < -0.39 is 6.10 Å². The highest BCUT2D eigenvalue weighted by atomic mass is 16.3. The first-order chi connectivity index (χ1) is 9.20. The van der Waals surface area contributed by atoms with Crippen LogP contribution < -0.4 is 5.32 Å². The van der Waals surface area contributed by atoms with Gasteiger partial charge in [0.25, 0.3) is 0 Å². The fraction of sp³-hybridized carbons (Fsp3) is 0.692. The molecule has 19 heavy (non-hydrogen) atoms. The summed E-state index contributed by atoms with van der Waals surface area (Å²) in [7, 11) is 0. The quantitative estimate of drug-likeness (QED) is 0.689. The van der Waals surface area contributed by atoms with Gasteiger partial charge >= 0.3 is 0 Å². The molecule has 0 aliphatic carbocycles. The number of rotatable bonds is 5. The van der Waals surface area contributed by atoms with Gasteiger partial charge in [-0.3, -0.25) is 9.88 Å². The van der Waals surface area contributed by atoms with Crippen LogP contribution in [0.1, 0.15) is 12.1 Å². The third-order valence-corrected chi connectivity index (χ3v) is 3.64. The van der Waals surface area contributed by atoms with Crippen molar-refractivity contribution in [2.75, 3.05) is 38.1 Å². The maximum Gasteiger partial charge on any atom is 0.147 e. The van der Waals surface area contributed by atoms with Crippen LogP contribution >= 0.6 is 0 Å². The summed E-state index contributed by atoms with van der Waals surface area (Å²) in [6, 6.07) is 0. The number of piperidine rings is 1. The van der Waals surface area contributed by atoms with Crippen LogP contribution in [0.15, 0.2) is 12.4 Å². The molecule has 6 nitrogen and oxygen atoms in total. The summed E-state index contributed by atoms with van der Waals surface area (Å²) < 4.78 is 0. The SMILES string of the molecule is Cc1nccnc1NCCN1CC[C@@H](CO)[C@@H](O)C1. The van der Waals surface area contributed by atoms with E-state index in [0.29, 0.717) is 6.54 Å². The smallest absolute Gasteiger partial charge is 0.147 e. The Kier molecular flexibility index (Phi) is 5.07. The summed E-state index contributed by atoms with van der Waals surface area (Å²) in [6.45, 7) is 5.18. The van der Waals surface area contributed by atoms with Crippen molar-refractivity contribution in [3.05, 3.63) is 18.1 Å². The topological polar surface area (TPSA) is 81.5 Å². The molecule has 0 bridgehead atoms. The molecular formula is C13H22N4O2. The van der Waals surface area contributed by atoms with Gasteiger partial charge in [0.05, 0.1) is 11.8 Å². The molecule has 0 aromatic carbocycles. The normalized spacial score (nSPS) is 24.4. The van der Waals surface area contributed by atoms with E-state index in [-0.39, 0.29) is 12.5 Å². The lowest BCUT2D eigenvalue weighted by atomic mass is 9.95. The van der Waals surface area contributed by atoms with Gasteiger partial charge in [-0.1, -0.05) is 0 Å². The molecule has 0 spiro atoms. The number of nitrogens with zero attached hydrogens (tertiary/aromatic N) is 3. The van der Waals surface area contributed by atoms with Gasteiger partial charge in [-0.2, -0.15) is 0 Å². The first-order valence-electron chi connectivity index (χ1n) is 6.73. The van der Waals surface area contributed by atoms with Gasteiger partial charge in [0.2, 0.25) is 0 Å². The average Bonchev–Trinajstić information content (AvgIpc) is 2.41. The van der Waals surface area contributed by atoms with E-state index in [0.717, 1.165) is 37.6 Å². The van der Waals surface area contributed by atoms with Crippen LogP contribution in [0.3, 0.4) is 0 Å². The number of aliphatic hydroxyl groups is 2. The van der Waals surface area contributed by atoms with Crippen molar-refractivity contribution in [1.29, 1.82) is 0 Å². The fourth-order valence-corrected chi connectivity index (χ4v) is 2.38. The summed E-state index contributed by atoms with van der Waals surface area (Å²) in [6.07, 6.45) is 3.78. The molecule has 6 heteroatoms. The molecule has 1 aliphatic rings. The molecule has 0 unspecified atom stereocenters. The minimum Gasteiger partial charge on any atom is -0.396 e. The van der Waals surface area contributed by atoms with E-state index in [1.807, 2.05) is 6.92 Å². The molecule has 1 aliphatic heterocycles. The van der Waals surface area contributed by atoms with Crippen molar-refractivity contribution in [3.63, 3.8) is 0 Å². The molecule has 2 rings (SSSR count). The van der Waals surface area contributed by atoms with Crippen molar-refractivity contribution >= 4 is 5.82 Å². The second-order valence-corrected chi connectivity index (χ2v) is 5.02. The van der Waals surface area contributed by atoms with Gasteiger partial charge < -0.3 is 15.5 Å². The number of hydrogen-bond donors (Lipinski definition) is 3. The maximum atomic E-state index is 9.86. The lowest BCUT2D eigenvalue weighted by Crippen LogP contribution is -2.46. The van der Waals surface area contributed by atoms with Gasteiger partial charge in [-0.15, -0.1) is 0 Å². The number of aromatic nitrogens is 2. The lowest BCUT2D eigenvalue weighted by Gasteiger charge is -2.35. The van der Waals surface area contributed by atoms with E-state index in [1.165, 1.54) is 0 Å². The Morgan fingerprint density at radius 1 is 1.42 bits per heavy atom. The van der Waals surface area contributed by atoms with Crippen LogP contribution in [0, 0.1) is 12.8 Å². The predicted molar refractivity (Wildman–Crippen MR) is 72.9 cm³/mol. The first-order valence-corrected chi connectivity index (χ1v) is 6.73. The van der Waals surface area contributed by atoms with Crippen molar-refractivity contribution in [1.82, 2.24) is 14.9 Å². The van der Waals surface area contributed by atoms with Crippen LogP contribution in [0.25, 0.3) is 0 Å². The third kappa shape index (κ3) is 3.86. The second kappa shape index (κ2) is 6.79. The van der Waals surface area contributed by atoms with Gasteiger partial charge in [0, 0.05) is 44.6 Å². The minimum absolute atomic E-state index is 0.0337. The highest BCUT2D eigenvalue weighted by Crippen LogP contribution is 2.16. The largest absolute Gasteiger partial charge is 0.396 e. The maximum absolute atomic E-state index is 9.86. The fourth-order valence-electron chi connectivity index (χ4n) is 2.38. The van der Waals surface area contributed by atoms with Crippen LogP contribution in [-0.2, 0) is 0 Å². The number of β-amino-alcohol motifs (C(OH)–C–C–N with tert-alkyl or cyclic N) is 1. The molecule has 3 N–H and O–H groups in total. The Bertz CT molecular complexity index is 402. The monoisotopic (exact) mass is 266 g/mol. The highest BCUT2D eigenvalue weighted by Gasteiger charge is 2.26. The molecule has 106 valence electrons. The van der Waals surface area contributed by atoms with E-state index >= 15 is 0 Å². The molecule has 0 saturated carbocycles. The highest BCUT2D eigenvalue weighted by molar-refractivity contribution is 5.38. The summed E-state index contributed by atoms with van der Waals surface area (Å²) in [5.74, 6) is 0.847. The number of hydrogen-bond acceptors (Lipinski definition) is 6. The number of nitrogens with one attached hydrogen (secondary N) is 1.